The lowest BCUT2D eigenvalue weighted by molar-refractivity contribution is 0.0493. The molecule has 0 bridgehead atoms. The van der Waals surface area contributed by atoms with Crippen LogP contribution in [0.5, 0.6) is 11.5 Å². The van der Waals surface area contributed by atoms with E-state index in [0.717, 1.165) is 18.4 Å². The Hall–Kier alpha value is -3.61. The number of carbonyl (C=O) groups excluding carboxylic acids is 1. The van der Waals surface area contributed by atoms with Gasteiger partial charge in [-0.15, -0.1) is 0 Å². The van der Waals surface area contributed by atoms with Gasteiger partial charge in [0.25, 0.3) is 5.56 Å². The highest BCUT2D eigenvalue weighted by atomic mass is 16.5. The van der Waals surface area contributed by atoms with Crippen molar-refractivity contribution >= 4 is 27.8 Å². The molecule has 7 nitrogen and oxygen atoms in total. The Morgan fingerprint density at radius 3 is 2.76 bits per heavy atom. The van der Waals surface area contributed by atoms with Crippen molar-refractivity contribution in [3.8, 4) is 11.5 Å². The van der Waals surface area contributed by atoms with E-state index >= 15 is 0 Å². The Bertz CT molecular complexity index is 1260. The Balaban J connectivity index is 1.60. The third-order valence-corrected chi connectivity index (χ3v) is 4.47. The zero-order valence-corrected chi connectivity index (χ0v) is 16.2. The van der Waals surface area contributed by atoms with Gasteiger partial charge in [-0.1, -0.05) is 19.4 Å². The first-order valence-electron chi connectivity index (χ1n) is 9.43. The topological polar surface area (TPSA) is 94.4 Å². The number of hydrogen-bond donors (Lipinski definition) is 1. The van der Waals surface area contributed by atoms with Gasteiger partial charge in [-0.25, -0.2) is 9.78 Å². The van der Waals surface area contributed by atoms with Gasteiger partial charge in [0.05, 0.1) is 12.0 Å². The lowest BCUT2D eigenvalue weighted by atomic mass is 10.1. The summed E-state index contributed by atoms with van der Waals surface area (Å²) in [6.07, 6.45) is 1.71. The van der Waals surface area contributed by atoms with E-state index in [1.807, 2.05) is 13.0 Å². The van der Waals surface area contributed by atoms with Gasteiger partial charge in [0.2, 0.25) is 0 Å². The number of aromatic amines is 1. The average molecular weight is 392 g/mol. The number of aryl methyl sites for hydroxylation is 1. The Kier molecular flexibility index (Phi) is 5.03. The second-order valence-electron chi connectivity index (χ2n) is 6.72. The summed E-state index contributed by atoms with van der Waals surface area (Å²) in [5.74, 6) is 1.12. The van der Waals surface area contributed by atoms with Gasteiger partial charge in [-0.05, 0) is 42.1 Å². The molecule has 1 N–H and O–H groups in total. The van der Waals surface area contributed by atoms with E-state index in [9.17, 15) is 9.59 Å². The molecule has 0 aliphatic carbocycles. The van der Waals surface area contributed by atoms with E-state index in [2.05, 4.69) is 9.97 Å². The number of unbranched alkanes of at least 4 members (excludes halogenated alkanes) is 1. The molecule has 0 aliphatic heterocycles. The molecule has 4 rings (SSSR count). The molecule has 0 saturated carbocycles. The van der Waals surface area contributed by atoms with Crippen molar-refractivity contribution in [2.24, 2.45) is 0 Å². The fourth-order valence-electron chi connectivity index (χ4n) is 3.02. The van der Waals surface area contributed by atoms with E-state index in [-0.39, 0.29) is 11.3 Å². The molecule has 2 aromatic carbocycles. The van der Waals surface area contributed by atoms with Crippen LogP contribution in [0, 0.1) is 6.92 Å². The molecule has 148 valence electrons. The molecule has 0 atom stereocenters. The van der Waals surface area contributed by atoms with E-state index in [0.29, 0.717) is 40.4 Å². The van der Waals surface area contributed by atoms with Crippen molar-refractivity contribution in [2.45, 2.75) is 26.7 Å². The van der Waals surface area contributed by atoms with E-state index in [1.165, 1.54) is 0 Å². The summed E-state index contributed by atoms with van der Waals surface area (Å²) in [6, 6.07) is 12.1. The normalized spacial score (nSPS) is 11.1. The van der Waals surface area contributed by atoms with Crippen molar-refractivity contribution in [1.29, 1.82) is 0 Å². The number of benzene rings is 2. The minimum absolute atomic E-state index is 0.137. The lowest BCUT2D eigenvalue weighted by Crippen LogP contribution is -2.15. The summed E-state index contributed by atoms with van der Waals surface area (Å²) in [4.78, 5) is 31.4. The zero-order valence-electron chi connectivity index (χ0n) is 16.2. The van der Waals surface area contributed by atoms with E-state index in [1.54, 1.807) is 43.3 Å². The number of hydrogen-bond acceptors (Lipinski definition) is 6. The largest absolute Gasteiger partial charge is 0.461 e. The maximum Gasteiger partial charge on any atom is 0.354 e. The molecule has 0 fully saturated rings. The van der Waals surface area contributed by atoms with Gasteiger partial charge in [0, 0.05) is 13.0 Å². The number of rotatable bonds is 6. The number of fused-ring (bicyclic) bond motifs is 2. The zero-order chi connectivity index (χ0) is 20.4. The average Bonchev–Trinajstić information content (AvgIpc) is 3.07. The SMILES string of the molecule is CCCCOC(=O)c1cc2ccc(Oc3ccc4nc(C)oc4c3)cc2c(=O)[nH]1. The van der Waals surface area contributed by atoms with Gasteiger partial charge in [0.15, 0.2) is 11.5 Å². The van der Waals surface area contributed by atoms with Gasteiger partial charge in [0.1, 0.15) is 22.7 Å². The molecule has 7 heteroatoms. The molecule has 0 aliphatic rings. The summed E-state index contributed by atoms with van der Waals surface area (Å²) in [5.41, 5.74) is 1.14. The first kappa shape index (κ1) is 18.7. The third kappa shape index (κ3) is 3.99. The second-order valence-corrected chi connectivity index (χ2v) is 6.72. The van der Waals surface area contributed by atoms with Crippen LogP contribution < -0.4 is 10.3 Å². The predicted molar refractivity (Wildman–Crippen MR) is 109 cm³/mol. The summed E-state index contributed by atoms with van der Waals surface area (Å²) >= 11 is 0. The van der Waals surface area contributed by atoms with Crippen LogP contribution in [0.25, 0.3) is 21.9 Å². The van der Waals surface area contributed by atoms with E-state index < -0.39 is 5.97 Å². The quantitative estimate of drug-likeness (QED) is 0.377. The van der Waals surface area contributed by atoms with Gasteiger partial charge in [-0.2, -0.15) is 0 Å². The molecule has 0 amide bonds. The highest BCUT2D eigenvalue weighted by molar-refractivity contribution is 5.93. The molecular formula is C22H20N2O5. The molecule has 2 heterocycles. The molecule has 4 aromatic rings. The summed E-state index contributed by atoms with van der Waals surface area (Å²) < 4.78 is 16.6. The van der Waals surface area contributed by atoms with Gasteiger partial charge < -0.3 is 18.9 Å². The van der Waals surface area contributed by atoms with Gasteiger partial charge in [-0.3, -0.25) is 4.79 Å². The van der Waals surface area contributed by atoms with Crippen LogP contribution in [-0.4, -0.2) is 22.5 Å². The number of oxazole rings is 1. The molecule has 2 aromatic heterocycles. The van der Waals surface area contributed by atoms with Crippen LogP contribution in [0.1, 0.15) is 36.1 Å². The minimum Gasteiger partial charge on any atom is -0.461 e. The van der Waals surface area contributed by atoms with Gasteiger partial charge >= 0.3 is 5.97 Å². The van der Waals surface area contributed by atoms with Crippen molar-refractivity contribution < 1.29 is 18.7 Å². The fourth-order valence-corrected chi connectivity index (χ4v) is 3.02. The van der Waals surface area contributed by atoms with E-state index in [4.69, 9.17) is 13.9 Å². The van der Waals surface area contributed by atoms with Crippen molar-refractivity contribution in [2.75, 3.05) is 6.61 Å². The number of pyridine rings is 1. The maximum absolute atomic E-state index is 12.5. The van der Waals surface area contributed by atoms with Crippen molar-refractivity contribution in [3.05, 3.63) is 64.4 Å². The fraction of sp³-hybridized carbons (Fsp3) is 0.227. The molecule has 0 radical (unpaired) electrons. The minimum atomic E-state index is -0.534. The van der Waals surface area contributed by atoms with Crippen LogP contribution in [0.2, 0.25) is 0 Å². The standard InChI is InChI=1S/C22H20N2O5/c1-3-4-9-27-22(26)19-10-14-5-6-15(11-17(14)21(25)24-19)29-16-7-8-18-20(12-16)28-13(2)23-18/h5-8,10-12H,3-4,9H2,1-2H3,(H,24,25). The molecule has 0 saturated heterocycles. The number of H-pyrrole nitrogens is 1. The van der Waals surface area contributed by atoms with Crippen LogP contribution in [-0.2, 0) is 4.74 Å². The highest BCUT2D eigenvalue weighted by Crippen LogP contribution is 2.27. The highest BCUT2D eigenvalue weighted by Gasteiger charge is 2.12. The first-order chi connectivity index (χ1) is 14.0. The summed E-state index contributed by atoms with van der Waals surface area (Å²) in [5, 5.41) is 1.05. The molecular weight excluding hydrogens is 372 g/mol. The lowest BCUT2D eigenvalue weighted by Gasteiger charge is -2.08. The van der Waals surface area contributed by atoms with Crippen LogP contribution in [0.3, 0.4) is 0 Å². The van der Waals surface area contributed by atoms with Crippen molar-refractivity contribution in [3.63, 3.8) is 0 Å². The second kappa shape index (κ2) is 7.79. The number of esters is 1. The summed E-state index contributed by atoms with van der Waals surface area (Å²) in [7, 11) is 0. The van der Waals surface area contributed by atoms with Crippen LogP contribution in [0.4, 0.5) is 0 Å². The number of nitrogens with zero attached hydrogens (tertiary/aromatic N) is 1. The third-order valence-electron chi connectivity index (χ3n) is 4.47. The van der Waals surface area contributed by atoms with Crippen molar-refractivity contribution in [1.82, 2.24) is 9.97 Å². The Morgan fingerprint density at radius 1 is 1.14 bits per heavy atom. The number of aromatic nitrogens is 2. The van der Waals surface area contributed by atoms with Crippen LogP contribution >= 0.6 is 0 Å². The number of carbonyl (C=O) groups is 1. The number of ether oxygens (including phenoxy) is 2. The predicted octanol–water partition coefficient (Wildman–Crippen LogP) is 4.73. The number of nitrogens with one attached hydrogen (secondary N) is 1. The first-order valence-corrected chi connectivity index (χ1v) is 9.43. The monoisotopic (exact) mass is 392 g/mol. The summed E-state index contributed by atoms with van der Waals surface area (Å²) in [6.45, 7) is 4.12. The smallest absolute Gasteiger partial charge is 0.354 e. The maximum atomic E-state index is 12.5. The Labute approximate surface area is 166 Å². The van der Waals surface area contributed by atoms with Crippen LogP contribution in [0.15, 0.2) is 51.7 Å². The molecule has 29 heavy (non-hydrogen) atoms. The Morgan fingerprint density at radius 2 is 1.93 bits per heavy atom. The molecule has 0 spiro atoms. The molecule has 0 unspecified atom stereocenters.